The third-order valence-electron chi connectivity index (χ3n) is 5.07. The maximum Gasteiger partial charge on any atom is 1.00 e. The quantitative estimate of drug-likeness (QED) is 0.255. The van der Waals surface area contributed by atoms with Crippen LogP contribution in [0.15, 0.2) is 0 Å². The predicted molar refractivity (Wildman–Crippen MR) is 95.8 cm³/mol. The van der Waals surface area contributed by atoms with Crippen LogP contribution in [0.25, 0.3) is 0 Å². The molecule has 0 radical (unpaired) electrons. The molecule has 0 bridgehead atoms. The number of rotatable bonds is 15. The van der Waals surface area contributed by atoms with Gasteiger partial charge in [0.1, 0.15) is 14.9 Å². The third kappa shape index (κ3) is 8.85. The van der Waals surface area contributed by atoms with Gasteiger partial charge in [0.15, 0.2) is 5.78 Å². The van der Waals surface area contributed by atoms with Crippen molar-refractivity contribution in [3.63, 3.8) is 0 Å². The minimum Gasteiger partial charge on any atom is -0.747 e. The fourth-order valence-electron chi connectivity index (χ4n) is 3.12. The maximum atomic E-state index is 12.4. The van der Waals surface area contributed by atoms with Crippen molar-refractivity contribution in [1.82, 2.24) is 0 Å². The Kier molecular flexibility index (Phi) is 16.2. The average Bonchev–Trinajstić information content (AvgIpc) is 2.52. The second-order valence-electron chi connectivity index (χ2n) is 6.81. The molecule has 0 aromatic carbocycles. The Labute approximate surface area is 176 Å². The van der Waals surface area contributed by atoms with Gasteiger partial charge in [-0.3, -0.25) is 4.79 Å². The van der Waals surface area contributed by atoms with Crippen molar-refractivity contribution in [1.29, 1.82) is 0 Å². The molecule has 1 N–H and O–H groups in total. The van der Waals surface area contributed by atoms with Crippen LogP contribution in [0.4, 0.5) is 0 Å². The van der Waals surface area contributed by atoms with E-state index in [-0.39, 0.29) is 36.0 Å². The third-order valence-corrected chi connectivity index (χ3v) is 6.72. The largest absolute Gasteiger partial charge is 1.00 e. The molecule has 0 rings (SSSR count). The molecule has 0 saturated carbocycles. The zero-order valence-electron chi connectivity index (χ0n) is 16.6. The molecular formula is C18H35NaO5S. The second-order valence-corrected chi connectivity index (χ2v) is 8.45. The Balaban J connectivity index is 0. The smallest absolute Gasteiger partial charge is 0.747 e. The van der Waals surface area contributed by atoms with Crippen LogP contribution in [0.2, 0.25) is 0 Å². The molecule has 7 heteroatoms. The molecule has 0 aliphatic heterocycles. The summed E-state index contributed by atoms with van der Waals surface area (Å²) in [5.74, 6) is -1.31. The van der Waals surface area contributed by atoms with Crippen LogP contribution in [-0.4, -0.2) is 35.2 Å². The molecule has 0 saturated heterocycles. The molecule has 25 heavy (non-hydrogen) atoms. The summed E-state index contributed by atoms with van der Waals surface area (Å²) in [5, 5.41) is 9.53. The molecule has 0 aromatic heterocycles. The van der Waals surface area contributed by atoms with Crippen molar-refractivity contribution in [2.24, 2.45) is 5.92 Å². The van der Waals surface area contributed by atoms with Crippen molar-refractivity contribution >= 4 is 15.9 Å². The van der Waals surface area contributed by atoms with Gasteiger partial charge in [0.05, 0.1) is 6.61 Å². The van der Waals surface area contributed by atoms with Gasteiger partial charge in [-0.25, -0.2) is 8.42 Å². The van der Waals surface area contributed by atoms with Gasteiger partial charge in [0.25, 0.3) is 0 Å². The topological polar surface area (TPSA) is 94.5 Å². The first-order chi connectivity index (χ1) is 11.3. The van der Waals surface area contributed by atoms with Crippen LogP contribution >= 0.6 is 0 Å². The number of unbranched alkanes of at least 4 members (excludes halogenated alkanes) is 8. The molecular weight excluding hydrogens is 351 g/mol. The van der Waals surface area contributed by atoms with Gasteiger partial charge in [-0.05, 0) is 12.3 Å². The van der Waals surface area contributed by atoms with Crippen LogP contribution in [0, 0.1) is 5.92 Å². The first-order valence-corrected chi connectivity index (χ1v) is 10.8. The van der Waals surface area contributed by atoms with E-state index in [9.17, 15) is 22.9 Å². The number of hydrogen-bond donors (Lipinski definition) is 1. The molecule has 2 unspecified atom stereocenters. The van der Waals surface area contributed by atoms with Crippen LogP contribution in [0.1, 0.15) is 91.4 Å². The molecule has 0 aliphatic rings. The molecule has 0 fully saturated rings. The summed E-state index contributed by atoms with van der Waals surface area (Å²) in [6.45, 7) is 4.51. The summed E-state index contributed by atoms with van der Waals surface area (Å²) in [6.07, 6.45) is 10.1. The van der Waals surface area contributed by atoms with Gasteiger partial charge < -0.3 is 9.66 Å². The second kappa shape index (κ2) is 14.6. The van der Waals surface area contributed by atoms with E-state index in [1.807, 2.05) is 0 Å². The summed E-state index contributed by atoms with van der Waals surface area (Å²) in [7, 11) is -4.90. The normalized spacial score (nSPS) is 15.2. The van der Waals surface area contributed by atoms with Gasteiger partial charge in [-0.2, -0.15) is 0 Å². The number of carbonyl (C=O) groups is 1. The SMILES string of the molecule is CCCCCCCCCCCC(=O)C(CO)(C(C)CC)S(=O)(=O)[O-].[Na+]. The van der Waals surface area contributed by atoms with E-state index in [0.717, 1.165) is 19.3 Å². The van der Waals surface area contributed by atoms with Gasteiger partial charge >= 0.3 is 29.6 Å². The molecule has 5 nitrogen and oxygen atoms in total. The monoisotopic (exact) mass is 386 g/mol. The Morgan fingerprint density at radius 1 is 1.00 bits per heavy atom. The van der Waals surface area contributed by atoms with Gasteiger partial charge in [-0.1, -0.05) is 78.6 Å². The van der Waals surface area contributed by atoms with Gasteiger partial charge in [-0.15, -0.1) is 0 Å². The number of hydrogen-bond acceptors (Lipinski definition) is 5. The minimum absolute atomic E-state index is 0. The summed E-state index contributed by atoms with van der Waals surface area (Å²) in [4.78, 5) is 12.4. The summed E-state index contributed by atoms with van der Waals surface area (Å²) >= 11 is 0. The van der Waals surface area contributed by atoms with Crippen molar-refractivity contribution in [2.45, 2.75) is 96.1 Å². The number of ketones is 1. The number of aliphatic hydroxyl groups is 1. The molecule has 0 aliphatic carbocycles. The van der Waals surface area contributed by atoms with Crippen molar-refractivity contribution < 1.29 is 52.4 Å². The molecule has 0 amide bonds. The van der Waals surface area contributed by atoms with E-state index in [0.29, 0.717) is 12.8 Å². The molecule has 144 valence electrons. The van der Waals surface area contributed by atoms with Crippen LogP contribution in [0.3, 0.4) is 0 Å². The number of Topliss-reactive ketones (excluding diaryl/α,β-unsaturated/α-hetero) is 1. The zero-order chi connectivity index (χ0) is 18.6. The molecule has 0 heterocycles. The average molecular weight is 387 g/mol. The molecule has 0 aromatic rings. The molecule has 0 spiro atoms. The van der Waals surface area contributed by atoms with Gasteiger partial charge in [0.2, 0.25) is 0 Å². The van der Waals surface area contributed by atoms with E-state index in [2.05, 4.69) is 6.92 Å². The maximum absolute atomic E-state index is 12.4. The van der Waals surface area contributed by atoms with Crippen molar-refractivity contribution in [3.8, 4) is 0 Å². The Bertz CT molecular complexity index is 452. The van der Waals surface area contributed by atoms with Gasteiger partial charge in [0, 0.05) is 6.42 Å². The van der Waals surface area contributed by atoms with Crippen LogP contribution in [0.5, 0.6) is 0 Å². The predicted octanol–water partition coefficient (Wildman–Crippen LogP) is 0.803. The summed E-state index contributed by atoms with van der Waals surface area (Å²) in [5.41, 5.74) is 0. The Morgan fingerprint density at radius 2 is 1.44 bits per heavy atom. The van der Waals surface area contributed by atoms with E-state index < -0.39 is 33.2 Å². The van der Waals surface area contributed by atoms with Crippen LogP contribution in [-0.2, 0) is 14.9 Å². The van der Waals surface area contributed by atoms with E-state index in [1.54, 1.807) is 13.8 Å². The zero-order valence-corrected chi connectivity index (χ0v) is 19.4. The summed E-state index contributed by atoms with van der Waals surface area (Å²) < 4.78 is 32.8. The minimum atomic E-state index is -4.90. The summed E-state index contributed by atoms with van der Waals surface area (Å²) in [6, 6.07) is 0. The fourth-order valence-corrected chi connectivity index (χ4v) is 4.32. The van der Waals surface area contributed by atoms with Crippen LogP contribution < -0.4 is 29.6 Å². The van der Waals surface area contributed by atoms with E-state index in [4.69, 9.17) is 0 Å². The van der Waals surface area contributed by atoms with E-state index in [1.165, 1.54) is 32.1 Å². The standard InChI is InChI=1S/C18H36O5S.Na/c1-4-6-7-8-9-10-11-12-13-14-17(20)18(15-19,16(3)5-2)24(21,22)23;/h16,19H,4-15H2,1-3H3,(H,21,22,23);/q;+1/p-1. The Morgan fingerprint density at radius 3 is 1.80 bits per heavy atom. The Hall–Kier alpha value is 0.540. The van der Waals surface area contributed by atoms with E-state index >= 15 is 0 Å². The van der Waals surface area contributed by atoms with Crippen molar-refractivity contribution in [3.05, 3.63) is 0 Å². The first kappa shape index (κ1) is 27.8. The number of carbonyl (C=O) groups excluding carboxylic acids is 1. The fraction of sp³-hybridized carbons (Fsp3) is 0.944. The number of aliphatic hydroxyl groups excluding tert-OH is 1. The van der Waals surface area contributed by atoms with Crippen molar-refractivity contribution in [2.75, 3.05) is 6.61 Å². The molecule has 2 atom stereocenters. The first-order valence-electron chi connectivity index (χ1n) is 9.37.